The van der Waals surface area contributed by atoms with Crippen LogP contribution >= 0.6 is 0 Å². The molecule has 1 aromatic carbocycles. The van der Waals surface area contributed by atoms with Gasteiger partial charge < -0.3 is 10.1 Å². The molecule has 3 aromatic rings. The Morgan fingerprint density at radius 3 is 2.81 bits per heavy atom. The third kappa shape index (κ3) is 3.69. The molecule has 1 N–H and O–H groups in total. The third-order valence-corrected chi connectivity index (χ3v) is 4.91. The second-order valence-corrected chi connectivity index (χ2v) is 6.77. The fourth-order valence-corrected chi connectivity index (χ4v) is 3.40. The van der Waals surface area contributed by atoms with Crippen molar-refractivity contribution in [2.75, 3.05) is 6.61 Å². The standard InChI is InChI=1S/C20H22N4O2/c25-20(18-6-3-11-24-14-22-23-19(18)24)21-12-15-7-9-17(10-8-15)26-13-16-4-1-2-5-16/h3,6-11,14,16H,1-2,4-5,12-13H2,(H,21,25). The summed E-state index contributed by atoms with van der Waals surface area (Å²) in [5.74, 6) is 1.43. The minimum atomic E-state index is -0.162. The van der Waals surface area contributed by atoms with Crippen molar-refractivity contribution in [1.82, 2.24) is 19.9 Å². The maximum atomic E-state index is 12.4. The van der Waals surface area contributed by atoms with E-state index in [9.17, 15) is 4.79 Å². The van der Waals surface area contributed by atoms with Gasteiger partial charge in [-0.25, -0.2) is 0 Å². The zero-order valence-corrected chi connectivity index (χ0v) is 14.6. The molecule has 0 radical (unpaired) electrons. The Labute approximate surface area is 152 Å². The van der Waals surface area contributed by atoms with Crippen molar-refractivity contribution in [2.24, 2.45) is 5.92 Å². The minimum Gasteiger partial charge on any atom is -0.493 e. The number of nitrogens with one attached hydrogen (secondary N) is 1. The Morgan fingerprint density at radius 2 is 2.00 bits per heavy atom. The maximum absolute atomic E-state index is 12.4. The Bertz CT molecular complexity index is 882. The summed E-state index contributed by atoms with van der Waals surface area (Å²) in [6.07, 6.45) is 8.61. The Balaban J connectivity index is 1.32. The fraction of sp³-hybridized carbons (Fsp3) is 0.350. The summed E-state index contributed by atoms with van der Waals surface area (Å²) in [5, 5.41) is 10.8. The van der Waals surface area contributed by atoms with Crippen LogP contribution in [0.15, 0.2) is 48.9 Å². The van der Waals surface area contributed by atoms with Gasteiger partial charge in [0.1, 0.15) is 12.1 Å². The van der Waals surface area contributed by atoms with E-state index in [1.54, 1.807) is 16.8 Å². The molecular weight excluding hydrogens is 328 g/mol. The first-order valence-electron chi connectivity index (χ1n) is 9.08. The number of carbonyl (C=O) groups excluding carboxylic acids is 1. The van der Waals surface area contributed by atoms with Crippen LogP contribution in [0.5, 0.6) is 5.75 Å². The molecule has 4 rings (SSSR count). The summed E-state index contributed by atoms with van der Waals surface area (Å²) in [4.78, 5) is 12.4. The molecule has 1 aliphatic carbocycles. The van der Waals surface area contributed by atoms with Gasteiger partial charge in [-0.05, 0) is 48.6 Å². The Hall–Kier alpha value is -2.89. The molecule has 2 heterocycles. The number of pyridine rings is 1. The number of amides is 1. The van der Waals surface area contributed by atoms with E-state index in [4.69, 9.17) is 4.74 Å². The number of aromatic nitrogens is 3. The molecule has 2 aromatic heterocycles. The van der Waals surface area contributed by atoms with Gasteiger partial charge in [0.05, 0.1) is 12.2 Å². The van der Waals surface area contributed by atoms with Crippen molar-refractivity contribution in [3.05, 3.63) is 60.0 Å². The number of rotatable bonds is 6. The normalized spacial score (nSPS) is 14.6. The molecule has 134 valence electrons. The van der Waals surface area contributed by atoms with E-state index >= 15 is 0 Å². The molecule has 0 saturated heterocycles. The van der Waals surface area contributed by atoms with Gasteiger partial charge in [0.25, 0.3) is 5.91 Å². The van der Waals surface area contributed by atoms with Gasteiger partial charge in [-0.2, -0.15) is 0 Å². The Morgan fingerprint density at radius 1 is 1.19 bits per heavy atom. The SMILES string of the molecule is O=C(NCc1ccc(OCC2CCCC2)cc1)c1cccn2cnnc12. The van der Waals surface area contributed by atoms with Crippen molar-refractivity contribution in [2.45, 2.75) is 32.2 Å². The molecule has 6 nitrogen and oxygen atoms in total. The van der Waals surface area contributed by atoms with Crippen LogP contribution in [0.4, 0.5) is 0 Å². The van der Waals surface area contributed by atoms with Crippen LogP contribution in [0.1, 0.15) is 41.6 Å². The van der Waals surface area contributed by atoms with E-state index in [1.807, 2.05) is 36.5 Å². The van der Waals surface area contributed by atoms with Gasteiger partial charge in [0, 0.05) is 12.7 Å². The van der Waals surface area contributed by atoms with Crippen molar-refractivity contribution in [3.8, 4) is 5.75 Å². The van der Waals surface area contributed by atoms with E-state index in [0.717, 1.165) is 17.9 Å². The first kappa shape index (κ1) is 16.6. The van der Waals surface area contributed by atoms with Crippen molar-refractivity contribution in [1.29, 1.82) is 0 Å². The monoisotopic (exact) mass is 350 g/mol. The first-order chi connectivity index (χ1) is 12.8. The average Bonchev–Trinajstić information content (AvgIpc) is 3.36. The maximum Gasteiger partial charge on any atom is 0.255 e. The lowest BCUT2D eigenvalue weighted by atomic mass is 10.1. The van der Waals surface area contributed by atoms with E-state index < -0.39 is 0 Å². The highest BCUT2D eigenvalue weighted by molar-refractivity contribution is 5.99. The smallest absolute Gasteiger partial charge is 0.255 e. The number of nitrogens with zero attached hydrogens (tertiary/aromatic N) is 3. The van der Waals surface area contributed by atoms with Crippen molar-refractivity contribution in [3.63, 3.8) is 0 Å². The topological polar surface area (TPSA) is 68.5 Å². The van der Waals surface area contributed by atoms with Crippen molar-refractivity contribution < 1.29 is 9.53 Å². The number of hydrogen-bond acceptors (Lipinski definition) is 4. The van der Waals surface area contributed by atoms with E-state index in [2.05, 4.69) is 15.5 Å². The predicted molar refractivity (Wildman–Crippen MR) is 98.1 cm³/mol. The van der Waals surface area contributed by atoms with Crippen LogP contribution in [0.2, 0.25) is 0 Å². The number of benzene rings is 1. The van der Waals surface area contributed by atoms with Gasteiger partial charge in [-0.15, -0.1) is 10.2 Å². The van der Waals surface area contributed by atoms with Gasteiger partial charge in [-0.1, -0.05) is 25.0 Å². The zero-order valence-electron chi connectivity index (χ0n) is 14.6. The fourth-order valence-electron chi connectivity index (χ4n) is 3.40. The van der Waals surface area contributed by atoms with Crippen LogP contribution in [-0.4, -0.2) is 27.1 Å². The first-order valence-corrected chi connectivity index (χ1v) is 9.08. The molecule has 1 fully saturated rings. The highest BCUT2D eigenvalue weighted by atomic mass is 16.5. The summed E-state index contributed by atoms with van der Waals surface area (Å²) in [6, 6.07) is 11.5. The second-order valence-electron chi connectivity index (χ2n) is 6.77. The molecule has 1 aliphatic rings. The quantitative estimate of drug-likeness (QED) is 0.741. The average molecular weight is 350 g/mol. The number of ether oxygens (including phenoxy) is 1. The van der Waals surface area contributed by atoms with Gasteiger partial charge in [-0.3, -0.25) is 9.20 Å². The van der Waals surface area contributed by atoms with E-state index in [1.165, 1.54) is 25.7 Å². The number of carbonyl (C=O) groups is 1. The molecule has 0 unspecified atom stereocenters. The molecule has 0 spiro atoms. The van der Waals surface area contributed by atoms with Gasteiger partial charge in [0.2, 0.25) is 0 Å². The van der Waals surface area contributed by atoms with Crippen molar-refractivity contribution >= 4 is 11.6 Å². The van der Waals surface area contributed by atoms with Crippen LogP contribution in [-0.2, 0) is 6.54 Å². The molecule has 1 amide bonds. The van der Waals surface area contributed by atoms with E-state index in [-0.39, 0.29) is 5.91 Å². The molecule has 0 aliphatic heterocycles. The highest BCUT2D eigenvalue weighted by Gasteiger charge is 2.15. The summed E-state index contributed by atoms with van der Waals surface area (Å²) in [6.45, 7) is 1.26. The zero-order chi connectivity index (χ0) is 17.8. The van der Waals surface area contributed by atoms with Crippen LogP contribution in [0.25, 0.3) is 5.65 Å². The third-order valence-electron chi connectivity index (χ3n) is 4.91. The molecule has 0 bridgehead atoms. The summed E-state index contributed by atoms with van der Waals surface area (Å²) in [7, 11) is 0. The lowest BCUT2D eigenvalue weighted by Crippen LogP contribution is -2.23. The summed E-state index contributed by atoms with van der Waals surface area (Å²) in [5.41, 5.74) is 2.10. The molecule has 1 saturated carbocycles. The van der Waals surface area contributed by atoms with Crippen LogP contribution in [0.3, 0.4) is 0 Å². The molecule has 6 heteroatoms. The minimum absolute atomic E-state index is 0.162. The largest absolute Gasteiger partial charge is 0.493 e. The highest BCUT2D eigenvalue weighted by Crippen LogP contribution is 2.25. The molecule has 0 atom stereocenters. The van der Waals surface area contributed by atoms with Gasteiger partial charge in [0.15, 0.2) is 5.65 Å². The molecular formula is C20H22N4O2. The molecule has 26 heavy (non-hydrogen) atoms. The number of hydrogen-bond donors (Lipinski definition) is 1. The lowest BCUT2D eigenvalue weighted by molar-refractivity contribution is 0.0952. The van der Waals surface area contributed by atoms with Crippen LogP contribution in [0, 0.1) is 5.92 Å². The van der Waals surface area contributed by atoms with Gasteiger partial charge >= 0.3 is 0 Å². The van der Waals surface area contributed by atoms with E-state index in [0.29, 0.717) is 23.7 Å². The van der Waals surface area contributed by atoms with Crippen LogP contribution < -0.4 is 10.1 Å². The second kappa shape index (κ2) is 7.56. The lowest BCUT2D eigenvalue weighted by Gasteiger charge is -2.12. The predicted octanol–water partition coefficient (Wildman–Crippen LogP) is 3.23. The summed E-state index contributed by atoms with van der Waals surface area (Å²) < 4.78 is 7.60. The Kier molecular flexibility index (Phi) is 4.82. The summed E-state index contributed by atoms with van der Waals surface area (Å²) >= 11 is 0. The number of fused-ring (bicyclic) bond motifs is 1.